The minimum atomic E-state index is -0.687. The second-order valence-corrected chi connectivity index (χ2v) is 4.52. The van der Waals surface area contributed by atoms with Crippen molar-refractivity contribution in [3.63, 3.8) is 0 Å². The zero-order valence-corrected chi connectivity index (χ0v) is 11.5. The van der Waals surface area contributed by atoms with Gasteiger partial charge in [0.1, 0.15) is 11.3 Å². The number of fused-ring (bicyclic) bond motifs is 1. The lowest BCUT2D eigenvalue weighted by Gasteiger charge is -2.14. The zero-order chi connectivity index (χ0) is 14.7. The summed E-state index contributed by atoms with van der Waals surface area (Å²) in [5.41, 5.74) is 6.22. The van der Waals surface area contributed by atoms with Gasteiger partial charge in [-0.2, -0.15) is 0 Å². The summed E-state index contributed by atoms with van der Waals surface area (Å²) in [6, 6.07) is 6.66. The van der Waals surface area contributed by atoms with E-state index in [1.165, 1.54) is 6.07 Å². The average molecular weight is 275 g/mol. The standard InChI is InChI=1S/C15H17NO4/c1-3-9-7-14(17)20-13-8-10(5-6-11(9)13)19-12(4-2)15(16)18/h5-8,12H,3-4H2,1-2H3,(H2,16,18)/t12-/m1/s1. The van der Waals surface area contributed by atoms with Crippen LogP contribution in [-0.2, 0) is 11.2 Å². The van der Waals surface area contributed by atoms with E-state index in [2.05, 4.69) is 0 Å². The molecule has 0 fully saturated rings. The molecule has 0 bridgehead atoms. The van der Waals surface area contributed by atoms with Crippen molar-refractivity contribution in [3.8, 4) is 5.75 Å². The molecule has 1 atom stereocenters. The molecule has 5 nitrogen and oxygen atoms in total. The van der Waals surface area contributed by atoms with Crippen LogP contribution in [0.5, 0.6) is 5.75 Å². The van der Waals surface area contributed by atoms with Crippen LogP contribution in [0.2, 0.25) is 0 Å². The highest BCUT2D eigenvalue weighted by molar-refractivity contribution is 5.82. The molecule has 106 valence electrons. The van der Waals surface area contributed by atoms with Gasteiger partial charge in [-0.25, -0.2) is 4.79 Å². The van der Waals surface area contributed by atoms with Gasteiger partial charge in [-0.15, -0.1) is 0 Å². The Morgan fingerprint density at radius 2 is 2.10 bits per heavy atom. The Balaban J connectivity index is 2.43. The van der Waals surface area contributed by atoms with Gasteiger partial charge in [0.2, 0.25) is 0 Å². The molecular weight excluding hydrogens is 258 g/mol. The molecule has 0 saturated carbocycles. The number of benzene rings is 1. The molecule has 1 aromatic carbocycles. The Morgan fingerprint density at radius 1 is 1.35 bits per heavy atom. The number of primary amides is 1. The van der Waals surface area contributed by atoms with Crippen LogP contribution in [0.15, 0.2) is 33.5 Å². The number of aryl methyl sites for hydroxylation is 1. The first-order chi connectivity index (χ1) is 9.55. The summed E-state index contributed by atoms with van der Waals surface area (Å²) in [6.07, 6.45) is 0.529. The number of rotatable bonds is 5. The third kappa shape index (κ3) is 2.82. The first-order valence-electron chi connectivity index (χ1n) is 6.58. The number of hydrogen-bond donors (Lipinski definition) is 1. The van der Waals surface area contributed by atoms with Gasteiger partial charge in [0.15, 0.2) is 6.10 Å². The van der Waals surface area contributed by atoms with Crippen LogP contribution >= 0.6 is 0 Å². The number of carbonyl (C=O) groups is 1. The van der Waals surface area contributed by atoms with E-state index in [1.807, 2.05) is 19.9 Å². The maximum atomic E-state index is 11.5. The molecule has 0 unspecified atom stereocenters. The van der Waals surface area contributed by atoms with E-state index in [1.54, 1.807) is 12.1 Å². The van der Waals surface area contributed by atoms with Gasteiger partial charge in [-0.05, 0) is 30.5 Å². The molecule has 0 saturated heterocycles. The molecule has 2 rings (SSSR count). The van der Waals surface area contributed by atoms with Crippen LogP contribution in [0, 0.1) is 0 Å². The van der Waals surface area contributed by atoms with E-state index in [0.717, 1.165) is 17.4 Å². The van der Waals surface area contributed by atoms with Crippen LogP contribution in [0.4, 0.5) is 0 Å². The normalized spacial score (nSPS) is 12.3. The molecule has 1 aromatic heterocycles. The second kappa shape index (κ2) is 5.77. The lowest BCUT2D eigenvalue weighted by Crippen LogP contribution is -2.32. The van der Waals surface area contributed by atoms with Crippen LogP contribution < -0.4 is 16.1 Å². The smallest absolute Gasteiger partial charge is 0.336 e. The summed E-state index contributed by atoms with van der Waals surface area (Å²) in [7, 11) is 0. The molecule has 5 heteroatoms. The zero-order valence-electron chi connectivity index (χ0n) is 11.5. The molecule has 0 aliphatic carbocycles. The van der Waals surface area contributed by atoms with E-state index in [9.17, 15) is 9.59 Å². The fraction of sp³-hybridized carbons (Fsp3) is 0.333. The number of hydrogen-bond acceptors (Lipinski definition) is 4. The van der Waals surface area contributed by atoms with Crippen LogP contribution in [-0.4, -0.2) is 12.0 Å². The average Bonchev–Trinajstić information content (AvgIpc) is 2.42. The third-order valence-corrected chi connectivity index (χ3v) is 3.15. The monoisotopic (exact) mass is 275 g/mol. The van der Waals surface area contributed by atoms with E-state index >= 15 is 0 Å². The number of carbonyl (C=O) groups excluding carboxylic acids is 1. The van der Waals surface area contributed by atoms with Crippen molar-refractivity contribution in [2.45, 2.75) is 32.8 Å². The summed E-state index contributed by atoms with van der Waals surface area (Å²) in [4.78, 5) is 22.7. The maximum absolute atomic E-state index is 11.5. The molecule has 1 amide bonds. The van der Waals surface area contributed by atoms with Crippen molar-refractivity contribution in [2.24, 2.45) is 5.73 Å². The fourth-order valence-corrected chi connectivity index (χ4v) is 2.08. The van der Waals surface area contributed by atoms with Crippen LogP contribution in [0.25, 0.3) is 11.0 Å². The van der Waals surface area contributed by atoms with Crippen molar-refractivity contribution in [3.05, 3.63) is 40.2 Å². The molecule has 0 aliphatic heterocycles. The molecule has 0 spiro atoms. The number of nitrogens with two attached hydrogens (primary N) is 1. The Kier molecular flexibility index (Phi) is 4.08. The Hall–Kier alpha value is -2.30. The van der Waals surface area contributed by atoms with Gasteiger partial charge in [0, 0.05) is 17.5 Å². The predicted molar refractivity (Wildman–Crippen MR) is 75.8 cm³/mol. The molecule has 2 N–H and O–H groups in total. The number of amides is 1. The molecule has 1 heterocycles. The van der Waals surface area contributed by atoms with Crippen molar-refractivity contribution < 1.29 is 13.9 Å². The van der Waals surface area contributed by atoms with Gasteiger partial charge in [0.05, 0.1) is 0 Å². The SMILES string of the molecule is CCc1cc(=O)oc2cc(O[C@H](CC)C(N)=O)ccc12. The van der Waals surface area contributed by atoms with Gasteiger partial charge < -0.3 is 14.9 Å². The van der Waals surface area contributed by atoms with Gasteiger partial charge in [-0.3, -0.25) is 4.79 Å². The number of ether oxygens (including phenoxy) is 1. The summed E-state index contributed by atoms with van der Waals surface area (Å²) < 4.78 is 10.7. The second-order valence-electron chi connectivity index (χ2n) is 4.52. The molecule has 0 radical (unpaired) electrons. The van der Waals surface area contributed by atoms with Crippen molar-refractivity contribution in [1.82, 2.24) is 0 Å². The minimum Gasteiger partial charge on any atom is -0.480 e. The van der Waals surface area contributed by atoms with E-state index in [-0.39, 0.29) is 0 Å². The Labute approximate surface area is 116 Å². The van der Waals surface area contributed by atoms with Crippen molar-refractivity contribution in [2.75, 3.05) is 0 Å². The lowest BCUT2D eigenvalue weighted by molar-refractivity contribution is -0.124. The first kappa shape index (κ1) is 14.1. The summed E-state index contributed by atoms with van der Waals surface area (Å²) in [6.45, 7) is 3.78. The molecule has 2 aromatic rings. The van der Waals surface area contributed by atoms with Gasteiger partial charge in [-0.1, -0.05) is 13.8 Å². The topological polar surface area (TPSA) is 82.5 Å². The van der Waals surface area contributed by atoms with Crippen LogP contribution in [0.3, 0.4) is 0 Å². The maximum Gasteiger partial charge on any atom is 0.336 e. The minimum absolute atomic E-state index is 0.395. The first-order valence-corrected chi connectivity index (χ1v) is 6.58. The van der Waals surface area contributed by atoms with E-state index in [4.69, 9.17) is 14.9 Å². The highest BCUT2D eigenvalue weighted by Gasteiger charge is 2.15. The van der Waals surface area contributed by atoms with Crippen LogP contribution in [0.1, 0.15) is 25.8 Å². The third-order valence-electron chi connectivity index (χ3n) is 3.15. The summed E-state index contributed by atoms with van der Waals surface area (Å²) >= 11 is 0. The Morgan fingerprint density at radius 3 is 2.70 bits per heavy atom. The van der Waals surface area contributed by atoms with Gasteiger partial charge >= 0.3 is 5.63 Å². The highest BCUT2D eigenvalue weighted by Crippen LogP contribution is 2.24. The largest absolute Gasteiger partial charge is 0.480 e. The fourth-order valence-electron chi connectivity index (χ4n) is 2.08. The predicted octanol–water partition coefficient (Wildman–Crippen LogP) is 2.00. The lowest BCUT2D eigenvalue weighted by atomic mass is 10.1. The quantitative estimate of drug-likeness (QED) is 0.846. The highest BCUT2D eigenvalue weighted by atomic mass is 16.5. The summed E-state index contributed by atoms with van der Waals surface area (Å²) in [5, 5.41) is 0.867. The van der Waals surface area contributed by atoms with E-state index < -0.39 is 17.6 Å². The summed E-state index contributed by atoms with van der Waals surface area (Å²) in [5.74, 6) is -0.0593. The van der Waals surface area contributed by atoms with E-state index in [0.29, 0.717) is 17.8 Å². The van der Waals surface area contributed by atoms with Crippen molar-refractivity contribution >= 4 is 16.9 Å². The Bertz CT molecular complexity index is 690. The molecule has 20 heavy (non-hydrogen) atoms. The molecular formula is C15H17NO4. The molecule has 0 aliphatic rings. The van der Waals surface area contributed by atoms with Crippen molar-refractivity contribution in [1.29, 1.82) is 0 Å². The van der Waals surface area contributed by atoms with Gasteiger partial charge in [0.25, 0.3) is 5.91 Å².